The van der Waals surface area contributed by atoms with E-state index < -0.39 is 12.0 Å². The van der Waals surface area contributed by atoms with Crippen LogP contribution in [0.25, 0.3) is 0 Å². The molecule has 2 unspecified atom stereocenters. The summed E-state index contributed by atoms with van der Waals surface area (Å²) in [5.74, 6) is 0.279. The Hall–Kier alpha value is -3.23. The molecule has 188 valence electrons. The van der Waals surface area contributed by atoms with Crippen molar-refractivity contribution in [1.29, 1.82) is 0 Å². The third-order valence-corrected chi connectivity index (χ3v) is 8.22. The molecule has 0 saturated carbocycles. The zero-order valence-electron chi connectivity index (χ0n) is 20.4. The Morgan fingerprint density at radius 2 is 1.72 bits per heavy atom. The summed E-state index contributed by atoms with van der Waals surface area (Å²) >= 11 is 7.74. The molecule has 0 aliphatic carbocycles. The van der Waals surface area contributed by atoms with E-state index in [0.29, 0.717) is 53.8 Å². The maximum Gasteiger partial charge on any atom is 0.254 e. The first-order valence-electron chi connectivity index (χ1n) is 11.8. The average molecular weight is 526 g/mol. The highest BCUT2D eigenvalue weighted by Gasteiger charge is 2.45. The van der Waals surface area contributed by atoms with Crippen molar-refractivity contribution < 1.29 is 19.1 Å². The smallest absolute Gasteiger partial charge is 0.254 e. The maximum absolute atomic E-state index is 14.2. The fourth-order valence-electron chi connectivity index (χ4n) is 5.18. The summed E-state index contributed by atoms with van der Waals surface area (Å²) in [7, 11) is 4.87. The lowest BCUT2D eigenvalue weighted by atomic mass is 9.81. The number of carbonyl (C=O) groups is 2. The number of piperazine rings is 1. The number of nitrogens with zero attached hydrogens (tertiary/aromatic N) is 3. The lowest BCUT2D eigenvalue weighted by Gasteiger charge is -2.43. The largest absolute Gasteiger partial charge is 0.493 e. The lowest BCUT2D eigenvalue weighted by Crippen LogP contribution is -2.53. The summed E-state index contributed by atoms with van der Waals surface area (Å²) in [5, 5.41) is 2.67. The Balaban J connectivity index is 1.50. The minimum Gasteiger partial charge on any atom is -0.493 e. The first-order chi connectivity index (χ1) is 17.4. The molecule has 7 nitrogen and oxygen atoms in total. The fourth-order valence-corrected chi connectivity index (χ4v) is 6.27. The van der Waals surface area contributed by atoms with Gasteiger partial charge in [0.15, 0.2) is 11.5 Å². The van der Waals surface area contributed by atoms with Crippen molar-refractivity contribution >= 4 is 40.4 Å². The molecule has 0 N–H and O–H groups in total. The number of anilines is 1. The van der Waals surface area contributed by atoms with Gasteiger partial charge in [0, 0.05) is 54.4 Å². The van der Waals surface area contributed by atoms with Gasteiger partial charge in [-0.1, -0.05) is 23.7 Å². The molecular formula is C27H28ClN3O4S. The van der Waals surface area contributed by atoms with Crippen molar-refractivity contribution in [2.45, 2.75) is 12.0 Å². The molecule has 36 heavy (non-hydrogen) atoms. The summed E-state index contributed by atoms with van der Waals surface area (Å²) < 4.78 is 11.0. The van der Waals surface area contributed by atoms with E-state index in [1.165, 1.54) is 7.11 Å². The Kier molecular flexibility index (Phi) is 6.81. The number of hydrogen-bond acceptors (Lipinski definition) is 6. The van der Waals surface area contributed by atoms with Gasteiger partial charge in [0.2, 0.25) is 5.91 Å². The van der Waals surface area contributed by atoms with Crippen LogP contribution in [0.2, 0.25) is 5.02 Å². The van der Waals surface area contributed by atoms with Crippen LogP contribution in [-0.4, -0.2) is 69.1 Å². The Bertz CT molecular complexity index is 1270. The van der Waals surface area contributed by atoms with E-state index in [4.69, 9.17) is 21.1 Å². The van der Waals surface area contributed by atoms with Gasteiger partial charge in [-0.25, -0.2) is 0 Å². The Morgan fingerprint density at radius 3 is 2.36 bits per heavy atom. The quantitative estimate of drug-likeness (QED) is 0.484. The van der Waals surface area contributed by atoms with E-state index >= 15 is 0 Å². The van der Waals surface area contributed by atoms with Crippen LogP contribution in [-0.2, 0) is 4.79 Å². The summed E-state index contributed by atoms with van der Waals surface area (Å²) in [6, 6.07) is 14.8. The van der Waals surface area contributed by atoms with Crippen LogP contribution in [0.5, 0.6) is 11.5 Å². The van der Waals surface area contributed by atoms with E-state index in [1.807, 2.05) is 46.7 Å². The van der Waals surface area contributed by atoms with E-state index in [2.05, 4.69) is 4.90 Å². The molecule has 2 aromatic carbocycles. The average Bonchev–Trinajstić information content (AvgIpc) is 3.44. The number of ether oxygens (including phenoxy) is 2. The van der Waals surface area contributed by atoms with Crippen molar-refractivity contribution in [3.05, 3.63) is 74.9 Å². The molecular weight excluding hydrogens is 498 g/mol. The van der Waals surface area contributed by atoms with E-state index in [1.54, 1.807) is 42.5 Å². The molecule has 2 atom stereocenters. The van der Waals surface area contributed by atoms with Gasteiger partial charge in [-0.3, -0.25) is 9.59 Å². The van der Waals surface area contributed by atoms with Gasteiger partial charge in [-0.15, -0.1) is 11.3 Å². The number of amides is 2. The zero-order valence-corrected chi connectivity index (χ0v) is 22.0. The number of hydrogen-bond donors (Lipinski definition) is 0. The molecule has 3 heterocycles. The Labute approximate surface area is 219 Å². The lowest BCUT2D eigenvalue weighted by molar-refractivity contribution is -0.134. The molecule has 0 spiro atoms. The first-order valence-corrected chi connectivity index (χ1v) is 13.0. The number of methoxy groups -OCH3 is 2. The third kappa shape index (κ3) is 4.29. The van der Waals surface area contributed by atoms with Crippen molar-refractivity contribution in [2.24, 2.45) is 0 Å². The number of thiophene rings is 1. The molecule has 2 aliphatic rings. The molecule has 1 fully saturated rings. The topological polar surface area (TPSA) is 62.3 Å². The monoisotopic (exact) mass is 525 g/mol. The van der Waals surface area contributed by atoms with Crippen molar-refractivity contribution in [2.75, 3.05) is 52.3 Å². The number of rotatable bonds is 5. The summed E-state index contributed by atoms with van der Waals surface area (Å²) in [5.41, 5.74) is 2.20. The van der Waals surface area contributed by atoms with Crippen molar-refractivity contribution in [3.8, 4) is 11.5 Å². The first kappa shape index (κ1) is 24.5. The highest BCUT2D eigenvalue weighted by molar-refractivity contribution is 7.10. The van der Waals surface area contributed by atoms with Crippen LogP contribution in [0.4, 0.5) is 5.69 Å². The third-order valence-electron chi connectivity index (χ3n) is 7.04. The molecule has 1 aromatic heterocycles. The molecule has 9 heteroatoms. The molecule has 2 aliphatic heterocycles. The van der Waals surface area contributed by atoms with Crippen molar-refractivity contribution in [1.82, 2.24) is 9.80 Å². The predicted molar refractivity (Wildman–Crippen MR) is 142 cm³/mol. The second kappa shape index (κ2) is 10.0. The second-order valence-corrected chi connectivity index (χ2v) is 10.4. The molecule has 1 saturated heterocycles. The van der Waals surface area contributed by atoms with E-state index in [0.717, 1.165) is 10.6 Å². The van der Waals surface area contributed by atoms with Crippen LogP contribution in [0, 0.1) is 0 Å². The van der Waals surface area contributed by atoms with Gasteiger partial charge in [0.05, 0.1) is 26.2 Å². The number of fused-ring (bicyclic) bond motifs is 1. The van der Waals surface area contributed by atoms with Gasteiger partial charge in [0.25, 0.3) is 5.91 Å². The molecule has 0 bridgehead atoms. The van der Waals surface area contributed by atoms with Gasteiger partial charge in [-0.2, -0.15) is 0 Å². The predicted octanol–water partition coefficient (Wildman–Crippen LogP) is 4.68. The SMILES string of the molecule is COc1cc2c(cc1OC)C(C(=O)N1CCN(c3cccc(Cl)c3)CC1)C(c1cccs1)N(C)C2=O. The number of halogens is 1. The van der Waals surface area contributed by atoms with E-state index in [9.17, 15) is 9.59 Å². The normalized spacial score (nSPS) is 19.8. The number of carbonyl (C=O) groups excluding carboxylic acids is 2. The number of likely N-dealkylation sites (N-methyl/N-ethyl adjacent to an activating group) is 1. The summed E-state index contributed by atoms with van der Waals surface area (Å²) in [6.45, 7) is 2.57. The Morgan fingerprint density at radius 1 is 1.00 bits per heavy atom. The minimum atomic E-state index is -0.557. The maximum atomic E-state index is 14.2. The highest BCUT2D eigenvalue weighted by atomic mass is 35.5. The number of benzene rings is 2. The van der Waals surface area contributed by atoms with Crippen LogP contribution in [0.15, 0.2) is 53.9 Å². The molecule has 5 rings (SSSR count). The highest BCUT2D eigenvalue weighted by Crippen LogP contribution is 2.47. The van der Waals surface area contributed by atoms with E-state index in [-0.39, 0.29) is 11.8 Å². The molecule has 0 radical (unpaired) electrons. The molecule has 2 amide bonds. The van der Waals surface area contributed by atoms with Crippen molar-refractivity contribution in [3.63, 3.8) is 0 Å². The minimum absolute atomic E-state index is 0.00645. The van der Waals surface area contributed by atoms with Crippen LogP contribution in [0.3, 0.4) is 0 Å². The zero-order chi connectivity index (χ0) is 25.4. The van der Waals surface area contributed by atoms with Gasteiger partial charge < -0.3 is 24.2 Å². The fraction of sp³-hybridized carbons (Fsp3) is 0.333. The van der Waals surface area contributed by atoms with Crippen LogP contribution in [0.1, 0.15) is 32.8 Å². The standard InChI is InChI=1S/C27H28ClN3O4S/c1-29-25(23-8-5-13-36-23)24(19-15-21(34-2)22(35-3)16-20(19)26(29)32)27(33)31-11-9-30(10-12-31)18-7-4-6-17(28)14-18/h4-8,13-16,24-25H,9-12H2,1-3H3. The van der Waals surface area contributed by atoms with Gasteiger partial charge >= 0.3 is 0 Å². The van der Waals surface area contributed by atoms with Gasteiger partial charge in [0.1, 0.15) is 0 Å². The molecule has 3 aromatic rings. The summed E-state index contributed by atoms with van der Waals surface area (Å²) in [6.07, 6.45) is 0. The van der Waals surface area contributed by atoms with Crippen LogP contribution < -0.4 is 14.4 Å². The summed E-state index contributed by atoms with van der Waals surface area (Å²) in [4.78, 5) is 34.5. The second-order valence-electron chi connectivity index (χ2n) is 8.94. The van der Waals surface area contributed by atoms with Gasteiger partial charge in [-0.05, 0) is 47.3 Å². The van der Waals surface area contributed by atoms with Crippen LogP contribution >= 0.6 is 22.9 Å².